The average Bonchev–Trinajstić information content (AvgIpc) is 2.52. The van der Waals surface area contributed by atoms with Crippen molar-refractivity contribution in [2.24, 2.45) is 16.7 Å². The first-order chi connectivity index (χ1) is 8.23. The van der Waals surface area contributed by atoms with E-state index in [1.807, 2.05) is 52.8 Å². The summed E-state index contributed by atoms with van der Waals surface area (Å²) >= 11 is 0. The van der Waals surface area contributed by atoms with E-state index in [4.69, 9.17) is 0 Å². The van der Waals surface area contributed by atoms with E-state index in [0.29, 0.717) is 0 Å². The molecule has 1 unspecified atom stereocenters. The molecule has 2 heteroatoms. The highest BCUT2D eigenvalue weighted by atomic mass is 14.4. The average molecular weight is 240 g/mol. The maximum absolute atomic E-state index is 9.21. The van der Waals surface area contributed by atoms with Crippen LogP contribution >= 0.6 is 0 Å². The summed E-state index contributed by atoms with van der Waals surface area (Å²) in [6.07, 6.45) is 8.15. The van der Waals surface area contributed by atoms with E-state index in [-0.39, 0.29) is 5.92 Å². The standard InChI is InChI=1S/C16H20N2/c1-12-8-13(15(2,3)10-17)6-7-14(9-12)16(4,5)11-18/h6-9,13H,1-5H3. The summed E-state index contributed by atoms with van der Waals surface area (Å²) in [6, 6.07) is 4.66. The summed E-state index contributed by atoms with van der Waals surface area (Å²) in [4.78, 5) is 0. The number of hydrogen-bond acceptors (Lipinski definition) is 2. The third-order valence-corrected chi connectivity index (χ3v) is 3.43. The molecule has 1 aliphatic rings. The maximum Gasteiger partial charge on any atom is 0.0766 e. The van der Waals surface area contributed by atoms with Crippen LogP contribution in [0.4, 0.5) is 0 Å². The molecule has 18 heavy (non-hydrogen) atoms. The van der Waals surface area contributed by atoms with Gasteiger partial charge >= 0.3 is 0 Å². The van der Waals surface area contributed by atoms with Gasteiger partial charge in [0.05, 0.1) is 23.0 Å². The number of nitrogens with zero attached hydrogens (tertiary/aromatic N) is 2. The Bertz CT molecular complexity index is 502. The van der Waals surface area contributed by atoms with Crippen LogP contribution in [0.3, 0.4) is 0 Å². The van der Waals surface area contributed by atoms with Crippen LogP contribution in [0, 0.1) is 39.4 Å². The summed E-state index contributed by atoms with van der Waals surface area (Å²) < 4.78 is 0. The van der Waals surface area contributed by atoms with E-state index in [1.54, 1.807) is 0 Å². The Balaban J connectivity index is 3.18. The van der Waals surface area contributed by atoms with Gasteiger partial charge in [0.1, 0.15) is 0 Å². The van der Waals surface area contributed by atoms with Crippen molar-refractivity contribution in [2.75, 3.05) is 0 Å². The molecule has 1 aliphatic carbocycles. The predicted octanol–water partition coefficient (Wildman–Crippen LogP) is 4.14. The van der Waals surface area contributed by atoms with Crippen LogP contribution in [0.1, 0.15) is 34.6 Å². The van der Waals surface area contributed by atoms with Crippen molar-refractivity contribution in [1.82, 2.24) is 0 Å². The molecule has 2 nitrogen and oxygen atoms in total. The van der Waals surface area contributed by atoms with Crippen molar-refractivity contribution in [3.8, 4) is 12.1 Å². The molecule has 0 bridgehead atoms. The van der Waals surface area contributed by atoms with Crippen LogP contribution in [0.2, 0.25) is 0 Å². The van der Waals surface area contributed by atoms with Crippen LogP contribution < -0.4 is 0 Å². The van der Waals surface area contributed by atoms with Crippen molar-refractivity contribution in [3.63, 3.8) is 0 Å². The minimum absolute atomic E-state index is 0.0748. The highest BCUT2D eigenvalue weighted by molar-refractivity contribution is 5.41. The second-order valence-corrected chi connectivity index (χ2v) is 5.97. The Labute approximate surface area is 110 Å². The highest BCUT2D eigenvalue weighted by Gasteiger charge is 2.28. The van der Waals surface area contributed by atoms with E-state index in [0.717, 1.165) is 11.1 Å². The zero-order valence-electron chi connectivity index (χ0n) is 11.8. The Morgan fingerprint density at radius 2 is 1.72 bits per heavy atom. The normalized spacial score (nSPS) is 20.3. The minimum atomic E-state index is -0.503. The lowest BCUT2D eigenvalue weighted by atomic mass is 9.79. The van der Waals surface area contributed by atoms with E-state index in [9.17, 15) is 10.5 Å². The van der Waals surface area contributed by atoms with Gasteiger partial charge in [-0.25, -0.2) is 0 Å². The van der Waals surface area contributed by atoms with E-state index in [2.05, 4.69) is 18.2 Å². The largest absolute Gasteiger partial charge is 0.198 e. The highest BCUT2D eigenvalue weighted by Crippen LogP contribution is 2.35. The Kier molecular flexibility index (Phi) is 3.82. The van der Waals surface area contributed by atoms with Crippen molar-refractivity contribution in [2.45, 2.75) is 34.6 Å². The lowest BCUT2D eigenvalue weighted by Gasteiger charge is -2.22. The van der Waals surface area contributed by atoms with Crippen molar-refractivity contribution in [3.05, 3.63) is 35.5 Å². The molecule has 1 rings (SSSR count). The van der Waals surface area contributed by atoms with E-state index >= 15 is 0 Å². The van der Waals surface area contributed by atoms with Crippen molar-refractivity contribution in [1.29, 1.82) is 10.5 Å². The second-order valence-electron chi connectivity index (χ2n) is 5.97. The molecule has 0 N–H and O–H groups in total. The fraction of sp³-hybridized carbons (Fsp3) is 0.500. The summed E-state index contributed by atoms with van der Waals surface area (Å²) in [7, 11) is 0. The van der Waals surface area contributed by atoms with Crippen LogP contribution in [0.15, 0.2) is 35.5 Å². The summed E-state index contributed by atoms with van der Waals surface area (Å²) in [5.74, 6) is 0.0748. The first-order valence-electron chi connectivity index (χ1n) is 6.14. The van der Waals surface area contributed by atoms with Gasteiger partial charge in [-0.2, -0.15) is 10.5 Å². The van der Waals surface area contributed by atoms with Gasteiger partial charge in [0.15, 0.2) is 0 Å². The molecule has 0 aromatic heterocycles. The minimum Gasteiger partial charge on any atom is -0.198 e. The molecular weight excluding hydrogens is 220 g/mol. The molecule has 0 aromatic carbocycles. The topological polar surface area (TPSA) is 47.6 Å². The smallest absolute Gasteiger partial charge is 0.0766 e. The monoisotopic (exact) mass is 240 g/mol. The molecule has 0 aliphatic heterocycles. The van der Waals surface area contributed by atoms with Crippen molar-refractivity contribution >= 4 is 0 Å². The first kappa shape index (κ1) is 14.3. The number of allylic oxidation sites excluding steroid dienone is 6. The third kappa shape index (κ3) is 2.90. The number of hydrogen-bond donors (Lipinski definition) is 0. The van der Waals surface area contributed by atoms with Gasteiger partial charge in [0, 0.05) is 5.92 Å². The Hall–Kier alpha value is -1.80. The van der Waals surface area contributed by atoms with E-state index in [1.165, 1.54) is 0 Å². The quantitative estimate of drug-likeness (QED) is 0.728. The molecule has 0 aromatic rings. The number of rotatable bonds is 2. The number of nitriles is 2. The lowest BCUT2D eigenvalue weighted by Crippen LogP contribution is -2.18. The molecule has 0 heterocycles. The molecule has 0 radical (unpaired) electrons. The van der Waals surface area contributed by atoms with Crippen LogP contribution in [-0.2, 0) is 0 Å². The summed E-state index contributed by atoms with van der Waals surface area (Å²) in [5.41, 5.74) is 1.16. The molecule has 94 valence electrons. The van der Waals surface area contributed by atoms with Gasteiger partial charge in [-0.3, -0.25) is 0 Å². The second kappa shape index (κ2) is 4.83. The first-order valence-corrected chi connectivity index (χ1v) is 6.14. The molecular formula is C16H20N2. The fourth-order valence-corrected chi connectivity index (χ4v) is 1.86. The van der Waals surface area contributed by atoms with Crippen molar-refractivity contribution < 1.29 is 0 Å². The van der Waals surface area contributed by atoms with Crippen LogP contribution in [-0.4, -0.2) is 0 Å². The van der Waals surface area contributed by atoms with Crippen LogP contribution in [0.25, 0.3) is 0 Å². The predicted molar refractivity (Wildman–Crippen MR) is 73.3 cm³/mol. The molecule has 0 saturated carbocycles. The lowest BCUT2D eigenvalue weighted by molar-refractivity contribution is 0.415. The third-order valence-electron chi connectivity index (χ3n) is 3.43. The Morgan fingerprint density at radius 1 is 1.11 bits per heavy atom. The summed E-state index contributed by atoms with van der Waals surface area (Å²) in [5, 5.41) is 18.4. The van der Waals surface area contributed by atoms with Gasteiger partial charge in [0.2, 0.25) is 0 Å². The van der Waals surface area contributed by atoms with Crippen LogP contribution in [0.5, 0.6) is 0 Å². The van der Waals surface area contributed by atoms with Gasteiger partial charge < -0.3 is 0 Å². The fourth-order valence-electron chi connectivity index (χ4n) is 1.86. The van der Waals surface area contributed by atoms with Gasteiger partial charge in [-0.1, -0.05) is 29.9 Å². The molecule has 0 spiro atoms. The molecule has 0 amide bonds. The van der Waals surface area contributed by atoms with Gasteiger partial charge in [-0.05, 0) is 40.2 Å². The zero-order chi connectivity index (χ0) is 14.0. The summed E-state index contributed by atoms with van der Waals surface area (Å²) in [6.45, 7) is 9.71. The van der Waals surface area contributed by atoms with Gasteiger partial charge in [0.25, 0.3) is 0 Å². The maximum atomic E-state index is 9.21. The van der Waals surface area contributed by atoms with E-state index < -0.39 is 10.8 Å². The zero-order valence-corrected chi connectivity index (χ0v) is 11.8. The molecule has 0 saturated heterocycles. The SMILES string of the molecule is CC1=CC(C(C)(C)C#N)C=CC(C(C)(C)C#N)=C1. The molecule has 1 atom stereocenters. The molecule has 0 fully saturated rings. The Morgan fingerprint density at radius 3 is 2.22 bits per heavy atom. The van der Waals surface area contributed by atoms with Gasteiger partial charge in [-0.15, -0.1) is 0 Å².